The van der Waals surface area contributed by atoms with E-state index in [4.69, 9.17) is 0 Å². The molecule has 1 aliphatic heterocycles. The summed E-state index contributed by atoms with van der Waals surface area (Å²) >= 11 is 0. The summed E-state index contributed by atoms with van der Waals surface area (Å²) < 4.78 is 0. The highest BCUT2D eigenvalue weighted by Gasteiger charge is 2.34. The molecule has 0 aromatic rings. The molecule has 56 valence electrons. The summed E-state index contributed by atoms with van der Waals surface area (Å²) in [5.74, 6) is 1.13. The molecule has 0 aromatic carbocycles. The average molecular weight is 139 g/mol. The van der Waals surface area contributed by atoms with E-state index in [9.17, 15) is 4.79 Å². The van der Waals surface area contributed by atoms with Crippen molar-refractivity contribution in [2.75, 3.05) is 6.54 Å². The van der Waals surface area contributed by atoms with Crippen molar-refractivity contribution in [1.82, 2.24) is 5.32 Å². The highest BCUT2D eigenvalue weighted by molar-refractivity contribution is 5.85. The first-order chi connectivity index (χ1) is 4.88. The molecule has 2 nitrogen and oxygen atoms in total. The molecule has 2 atom stereocenters. The van der Waals surface area contributed by atoms with Gasteiger partial charge in [-0.2, -0.15) is 0 Å². The van der Waals surface area contributed by atoms with E-state index in [0.29, 0.717) is 11.7 Å². The minimum atomic E-state index is 0.244. The van der Waals surface area contributed by atoms with Gasteiger partial charge in [-0.1, -0.05) is 0 Å². The van der Waals surface area contributed by atoms with Crippen molar-refractivity contribution in [2.45, 2.75) is 31.7 Å². The third-order valence-corrected chi connectivity index (χ3v) is 2.70. The summed E-state index contributed by atoms with van der Waals surface area (Å²) in [7, 11) is 0. The maximum atomic E-state index is 11.2. The fourth-order valence-corrected chi connectivity index (χ4v) is 2.14. The first kappa shape index (κ1) is 6.35. The number of hydrogen-bond acceptors (Lipinski definition) is 2. The van der Waals surface area contributed by atoms with Crippen molar-refractivity contribution in [3.8, 4) is 0 Å². The van der Waals surface area contributed by atoms with Crippen molar-refractivity contribution in [3.05, 3.63) is 0 Å². The van der Waals surface area contributed by atoms with Crippen LogP contribution in [0, 0.1) is 5.92 Å². The quantitative estimate of drug-likeness (QED) is 0.535. The third kappa shape index (κ3) is 0.870. The van der Waals surface area contributed by atoms with Crippen LogP contribution in [-0.2, 0) is 4.79 Å². The fourth-order valence-electron chi connectivity index (χ4n) is 2.14. The van der Waals surface area contributed by atoms with Gasteiger partial charge < -0.3 is 5.32 Å². The Hall–Kier alpha value is -0.370. The normalized spacial score (nSPS) is 39.8. The zero-order chi connectivity index (χ0) is 6.97. The molecule has 2 fully saturated rings. The second kappa shape index (κ2) is 2.35. The first-order valence-corrected chi connectivity index (χ1v) is 4.14. The van der Waals surface area contributed by atoms with Crippen molar-refractivity contribution in [3.63, 3.8) is 0 Å². The van der Waals surface area contributed by atoms with E-state index in [1.54, 1.807) is 0 Å². The van der Waals surface area contributed by atoms with Crippen molar-refractivity contribution < 1.29 is 4.79 Å². The maximum Gasteiger partial charge on any atom is 0.150 e. The predicted molar refractivity (Wildman–Crippen MR) is 38.8 cm³/mol. The smallest absolute Gasteiger partial charge is 0.150 e. The van der Waals surface area contributed by atoms with E-state index >= 15 is 0 Å². The molecule has 2 heteroatoms. The third-order valence-electron chi connectivity index (χ3n) is 2.70. The van der Waals surface area contributed by atoms with Crippen molar-refractivity contribution in [2.24, 2.45) is 5.92 Å². The molecule has 2 aliphatic rings. The van der Waals surface area contributed by atoms with E-state index in [1.807, 2.05) is 0 Å². The number of fused-ring (bicyclic) bond motifs is 1. The minimum absolute atomic E-state index is 0.244. The van der Waals surface area contributed by atoms with Crippen molar-refractivity contribution in [1.29, 1.82) is 0 Å². The van der Waals surface area contributed by atoms with Crippen LogP contribution in [0.3, 0.4) is 0 Å². The lowest BCUT2D eigenvalue weighted by molar-refractivity contribution is -0.123. The lowest BCUT2D eigenvalue weighted by atomic mass is 9.85. The molecule has 1 heterocycles. The van der Waals surface area contributed by atoms with Gasteiger partial charge in [-0.15, -0.1) is 0 Å². The number of nitrogens with one attached hydrogen (secondary N) is 1. The molecule has 0 amide bonds. The number of hydrogen-bond donors (Lipinski definition) is 1. The Kier molecular flexibility index (Phi) is 1.49. The monoisotopic (exact) mass is 139 g/mol. The van der Waals surface area contributed by atoms with Gasteiger partial charge in [0.05, 0.1) is 6.04 Å². The van der Waals surface area contributed by atoms with E-state index in [-0.39, 0.29) is 6.04 Å². The van der Waals surface area contributed by atoms with E-state index in [1.165, 1.54) is 12.8 Å². The zero-order valence-corrected chi connectivity index (χ0v) is 6.10. The molecule has 1 aliphatic carbocycles. The number of carbonyl (C=O) groups is 1. The van der Waals surface area contributed by atoms with Crippen LogP contribution in [0.4, 0.5) is 0 Å². The van der Waals surface area contributed by atoms with Gasteiger partial charge in [-0.3, -0.25) is 4.79 Å². The topological polar surface area (TPSA) is 29.1 Å². The summed E-state index contributed by atoms with van der Waals surface area (Å²) in [5.41, 5.74) is 0. The van der Waals surface area contributed by atoms with Crippen LogP contribution in [0.15, 0.2) is 0 Å². The van der Waals surface area contributed by atoms with Gasteiger partial charge in [-0.05, 0) is 31.7 Å². The Labute approximate surface area is 61.0 Å². The summed E-state index contributed by atoms with van der Waals surface area (Å²) in [6.45, 7) is 1.06. The second-order valence-corrected chi connectivity index (χ2v) is 3.34. The van der Waals surface area contributed by atoms with Crippen LogP contribution >= 0.6 is 0 Å². The molecule has 10 heavy (non-hydrogen) atoms. The molecule has 1 saturated carbocycles. The SMILES string of the molecule is O=C1CCCC2CCNC12. The number of ketones is 1. The van der Waals surface area contributed by atoms with Crippen LogP contribution in [0.2, 0.25) is 0 Å². The Morgan fingerprint density at radius 3 is 3.10 bits per heavy atom. The van der Waals surface area contributed by atoms with Crippen LogP contribution in [0.25, 0.3) is 0 Å². The lowest BCUT2D eigenvalue weighted by Crippen LogP contribution is -2.38. The summed E-state index contributed by atoms with van der Waals surface area (Å²) in [6.07, 6.45) is 4.43. The van der Waals surface area contributed by atoms with Gasteiger partial charge >= 0.3 is 0 Å². The highest BCUT2D eigenvalue weighted by atomic mass is 16.1. The molecule has 1 saturated heterocycles. The van der Waals surface area contributed by atoms with Gasteiger partial charge in [0.2, 0.25) is 0 Å². The highest BCUT2D eigenvalue weighted by Crippen LogP contribution is 2.27. The van der Waals surface area contributed by atoms with Gasteiger partial charge in [0, 0.05) is 6.42 Å². The van der Waals surface area contributed by atoms with Crippen LogP contribution in [-0.4, -0.2) is 18.4 Å². The number of rotatable bonds is 0. The molecule has 0 bridgehead atoms. The van der Waals surface area contributed by atoms with Gasteiger partial charge in [0.15, 0.2) is 0 Å². The predicted octanol–water partition coefficient (Wildman–Crippen LogP) is 0.718. The standard InChI is InChI=1S/C8H13NO/c10-7-3-1-2-6-4-5-9-8(6)7/h6,8-9H,1-5H2. The minimum Gasteiger partial charge on any atom is -0.307 e. The Balaban J connectivity index is 2.10. The van der Waals surface area contributed by atoms with Gasteiger partial charge in [0.25, 0.3) is 0 Å². The number of Topliss-reactive ketones (excluding diaryl/α,β-unsaturated/α-hetero) is 1. The van der Waals surface area contributed by atoms with Crippen LogP contribution in [0.5, 0.6) is 0 Å². The molecule has 2 rings (SSSR count). The molecule has 0 spiro atoms. The average Bonchev–Trinajstić information content (AvgIpc) is 2.36. The lowest BCUT2D eigenvalue weighted by Gasteiger charge is -2.22. The molecular formula is C8H13NO. The van der Waals surface area contributed by atoms with E-state index in [2.05, 4.69) is 5.32 Å². The summed E-state index contributed by atoms with van der Waals surface area (Å²) in [4.78, 5) is 11.2. The molecular weight excluding hydrogens is 126 g/mol. The van der Waals surface area contributed by atoms with Crippen LogP contribution in [0.1, 0.15) is 25.7 Å². The molecule has 0 aromatic heterocycles. The Morgan fingerprint density at radius 2 is 2.30 bits per heavy atom. The van der Waals surface area contributed by atoms with Crippen LogP contribution < -0.4 is 5.32 Å². The largest absolute Gasteiger partial charge is 0.307 e. The first-order valence-electron chi connectivity index (χ1n) is 4.14. The van der Waals surface area contributed by atoms with Gasteiger partial charge in [-0.25, -0.2) is 0 Å². The number of carbonyl (C=O) groups excluding carboxylic acids is 1. The van der Waals surface area contributed by atoms with Crippen molar-refractivity contribution >= 4 is 5.78 Å². The van der Waals surface area contributed by atoms with E-state index < -0.39 is 0 Å². The van der Waals surface area contributed by atoms with Gasteiger partial charge in [0.1, 0.15) is 5.78 Å². The molecule has 2 unspecified atom stereocenters. The molecule has 1 N–H and O–H groups in total. The Bertz CT molecular complexity index is 155. The van der Waals surface area contributed by atoms with E-state index in [0.717, 1.165) is 19.4 Å². The zero-order valence-electron chi connectivity index (χ0n) is 6.10. The maximum absolute atomic E-state index is 11.2. The summed E-state index contributed by atoms with van der Waals surface area (Å²) in [6, 6.07) is 0.244. The Morgan fingerprint density at radius 1 is 1.40 bits per heavy atom. The second-order valence-electron chi connectivity index (χ2n) is 3.34. The fraction of sp³-hybridized carbons (Fsp3) is 0.875. The molecule has 0 radical (unpaired) electrons. The summed E-state index contributed by atoms with van der Waals surface area (Å²) in [5, 5.41) is 3.26.